The molecule has 4 heteroatoms. The van der Waals surface area contributed by atoms with Crippen LogP contribution in [0.5, 0.6) is 0 Å². The number of nitrogens with zero attached hydrogens (tertiary/aromatic N) is 3. The molecule has 2 aromatic rings. The average molecular weight is 353 g/mol. The molecule has 0 unspecified atom stereocenters. The second kappa shape index (κ2) is 7.83. The average Bonchev–Trinajstić information content (AvgIpc) is 2.83. The molecule has 0 saturated carbocycles. The van der Waals surface area contributed by atoms with Crippen LogP contribution in [0.25, 0.3) is 5.69 Å². The molecule has 2 aliphatic heterocycles. The van der Waals surface area contributed by atoms with E-state index in [0.29, 0.717) is 5.92 Å². The van der Waals surface area contributed by atoms with Crippen molar-refractivity contribution in [3.63, 3.8) is 0 Å². The molecule has 0 bridgehead atoms. The van der Waals surface area contributed by atoms with Gasteiger partial charge in [0.15, 0.2) is 0 Å². The van der Waals surface area contributed by atoms with Crippen LogP contribution < -0.4 is 5.32 Å². The molecule has 1 aromatic carbocycles. The molecule has 1 saturated heterocycles. The van der Waals surface area contributed by atoms with E-state index in [2.05, 4.69) is 53.0 Å². The van der Waals surface area contributed by atoms with Gasteiger partial charge in [0.1, 0.15) is 5.82 Å². The van der Waals surface area contributed by atoms with Gasteiger partial charge in [-0.05, 0) is 62.7 Å². The maximum atomic E-state index is 5.15. The number of rotatable bonds is 4. The number of likely N-dealkylation sites (tertiary alicyclic amines) is 1. The predicted molar refractivity (Wildman–Crippen MR) is 108 cm³/mol. The molecule has 0 radical (unpaired) electrons. The van der Waals surface area contributed by atoms with Gasteiger partial charge < -0.3 is 5.32 Å². The Balaban J connectivity index is 1.75. The molecular formula is C22H32N4. The second-order valence-electron chi connectivity index (χ2n) is 8.12. The SMILES string of the molecule is CC(C)c1ccccc1-n1nc(CN2CCCCC2)c2c1NCCCC2. The minimum absolute atomic E-state index is 0.488. The number of para-hydroxylation sites is 1. The highest BCUT2D eigenvalue weighted by atomic mass is 15.3. The van der Waals surface area contributed by atoms with E-state index in [9.17, 15) is 0 Å². The van der Waals surface area contributed by atoms with E-state index in [1.165, 1.54) is 73.5 Å². The lowest BCUT2D eigenvalue weighted by Crippen LogP contribution is -2.29. The molecule has 1 N–H and O–H groups in total. The number of hydrogen-bond donors (Lipinski definition) is 1. The van der Waals surface area contributed by atoms with E-state index >= 15 is 0 Å². The van der Waals surface area contributed by atoms with Crippen molar-refractivity contribution in [1.82, 2.24) is 14.7 Å². The molecule has 1 fully saturated rings. The largest absolute Gasteiger partial charge is 0.370 e. The van der Waals surface area contributed by atoms with Crippen LogP contribution in [0.15, 0.2) is 24.3 Å². The van der Waals surface area contributed by atoms with Gasteiger partial charge in [-0.15, -0.1) is 0 Å². The predicted octanol–water partition coefficient (Wildman–Crippen LogP) is 4.73. The van der Waals surface area contributed by atoms with Crippen LogP contribution in [0.1, 0.15) is 68.7 Å². The van der Waals surface area contributed by atoms with Gasteiger partial charge in [0, 0.05) is 18.7 Å². The van der Waals surface area contributed by atoms with E-state index in [1.54, 1.807) is 0 Å². The highest BCUT2D eigenvalue weighted by Gasteiger charge is 2.24. The Kier molecular flexibility index (Phi) is 5.30. The van der Waals surface area contributed by atoms with Crippen molar-refractivity contribution < 1.29 is 0 Å². The van der Waals surface area contributed by atoms with Gasteiger partial charge in [-0.25, -0.2) is 4.68 Å². The summed E-state index contributed by atoms with van der Waals surface area (Å²) in [7, 11) is 0. The molecule has 140 valence electrons. The monoisotopic (exact) mass is 352 g/mol. The second-order valence-corrected chi connectivity index (χ2v) is 8.12. The molecule has 3 heterocycles. The molecular weight excluding hydrogens is 320 g/mol. The van der Waals surface area contributed by atoms with Crippen LogP contribution in [-0.4, -0.2) is 34.3 Å². The highest BCUT2D eigenvalue weighted by molar-refractivity contribution is 5.56. The molecule has 4 rings (SSSR count). The maximum absolute atomic E-state index is 5.15. The van der Waals surface area contributed by atoms with Gasteiger partial charge >= 0.3 is 0 Å². The Morgan fingerprint density at radius 1 is 1.04 bits per heavy atom. The van der Waals surface area contributed by atoms with Gasteiger partial charge in [0.2, 0.25) is 0 Å². The van der Waals surface area contributed by atoms with Crippen LogP contribution in [0.2, 0.25) is 0 Å². The standard InChI is InChI=1S/C22H32N4/c1-17(2)18-10-4-5-12-21(18)26-22-19(11-6-7-13-23-22)20(24-26)16-25-14-8-3-9-15-25/h4-5,10,12,17,23H,3,6-9,11,13-16H2,1-2H3. The van der Waals surface area contributed by atoms with Crippen molar-refractivity contribution in [2.75, 3.05) is 25.0 Å². The van der Waals surface area contributed by atoms with Crippen molar-refractivity contribution in [3.8, 4) is 5.69 Å². The fraction of sp³-hybridized carbons (Fsp3) is 0.591. The van der Waals surface area contributed by atoms with Crippen molar-refractivity contribution >= 4 is 5.82 Å². The third-order valence-corrected chi connectivity index (χ3v) is 5.82. The summed E-state index contributed by atoms with van der Waals surface area (Å²) in [6.45, 7) is 9.02. The fourth-order valence-electron chi connectivity index (χ4n) is 4.37. The zero-order valence-corrected chi connectivity index (χ0v) is 16.3. The number of hydrogen-bond acceptors (Lipinski definition) is 3. The number of anilines is 1. The summed E-state index contributed by atoms with van der Waals surface area (Å²) in [6.07, 6.45) is 7.69. The Bertz CT molecular complexity index is 741. The lowest BCUT2D eigenvalue weighted by molar-refractivity contribution is 0.217. The molecule has 0 amide bonds. The molecule has 0 aliphatic carbocycles. The number of benzene rings is 1. The van der Waals surface area contributed by atoms with Gasteiger partial charge in [-0.3, -0.25) is 4.90 Å². The number of aromatic nitrogens is 2. The minimum Gasteiger partial charge on any atom is -0.370 e. The summed E-state index contributed by atoms with van der Waals surface area (Å²) in [5.74, 6) is 1.73. The highest BCUT2D eigenvalue weighted by Crippen LogP contribution is 2.32. The summed E-state index contributed by atoms with van der Waals surface area (Å²) in [5, 5.41) is 8.85. The summed E-state index contributed by atoms with van der Waals surface area (Å²) in [5.41, 5.74) is 5.34. The number of piperidine rings is 1. The van der Waals surface area contributed by atoms with Gasteiger partial charge in [0.25, 0.3) is 0 Å². The summed E-state index contributed by atoms with van der Waals surface area (Å²) >= 11 is 0. The van der Waals surface area contributed by atoms with Crippen LogP contribution in [0, 0.1) is 0 Å². The third kappa shape index (κ3) is 3.52. The topological polar surface area (TPSA) is 33.1 Å². The zero-order valence-electron chi connectivity index (χ0n) is 16.3. The third-order valence-electron chi connectivity index (χ3n) is 5.82. The summed E-state index contributed by atoms with van der Waals surface area (Å²) < 4.78 is 2.20. The minimum atomic E-state index is 0.488. The van der Waals surface area contributed by atoms with E-state index in [4.69, 9.17) is 5.10 Å². The Hall–Kier alpha value is -1.81. The Labute approximate surface area is 157 Å². The van der Waals surface area contributed by atoms with Crippen molar-refractivity contribution in [2.45, 2.75) is 64.8 Å². The van der Waals surface area contributed by atoms with Gasteiger partial charge in [-0.1, -0.05) is 38.5 Å². The first kappa shape index (κ1) is 17.6. The molecule has 1 aromatic heterocycles. The van der Waals surface area contributed by atoms with Crippen molar-refractivity contribution in [1.29, 1.82) is 0 Å². The smallest absolute Gasteiger partial charge is 0.133 e. The van der Waals surface area contributed by atoms with Crippen molar-refractivity contribution in [3.05, 3.63) is 41.1 Å². The van der Waals surface area contributed by atoms with E-state index in [0.717, 1.165) is 19.5 Å². The Morgan fingerprint density at radius 3 is 2.65 bits per heavy atom. The fourth-order valence-corrected chi connectivity index (χ4v) is 4.37. The number of fused-ring (bicyclic) bond motifs is 1. The lowest BCUT2D eigenvalue weighted by Gasteiger charge is -2.25. The normalized spacial score (nSPS) is 18.4. The summed E-state index contributed by atoms with van der Waals surface area (Å²) in [4.78, 5) is 2.59. The van der Waals surface area contributed by atoms with Crippen LogP contribution in [0.4, 0.5) is 5.82 Å². The first-order valence-corrected chi connectivity index (χ1v) is 10.4. The van der Waals surface area contributed by atoms with Gasteiger partial charge in [-0.2, -0.15) is 5.10 Å². The van der Waals surface area contributed by atoms with Crippen LogP contribution >= 0.6 is 0 Å². The summed E-state index contributed by atoms with van der Waals surface area (Å²) in [6, 6.07) is 8.74. The Morgan fingerprint density at radius 2 is 1.85 bits per heavy atom. The first-order chi connectivity index (χ1) is 12.7. The van der Waals surface area contributed by atoms with Crippen LogP contribution in [-0.2, 0) is 13.0 Å². The van der Waals surface area contributed by atoms with E-state index in [-0.39, 0.29) is 0 Å². The van der Waals surface area contributed by atoms with E-state index in [1.807, 2.05) is 0 Å². The molecule has 0 spiro atoms. The maximum Gasteiger partial charge on any atom is 0.133 e. The number of nitrogens with one attached hydrogen (secondary N) is 1. The molecule has 2 aliphatic rings. The quantitative estimate of drug-likeness (QED) is 0.863. The zero-order chi connectivity index (χ0) is 17.9. The molecule has 26 heavy (non-hydrogen) atoms. The van der Waals surface area contributed by atoms with Gasteiger partial charge in [0.05, 0.1) is 11.4 Å². The molecule has 0 atom stereocenters. The van der Waals surface area contributed by atoms with Crippen molar-refractivity contribution in [2.24, 2.45) is 0 Å². The first-order valence-electron chi connectivity index (χ1n) is 10.4. The lowest BCUT2D eigenvalue weighted by atomic mass is 10.0. The van der Waals surface area contributed by atoms with E-state index < -0.39 is 0 Å². The van der Waals surface area contributed by atoms with Crippen LogP contribution in [0.3, 0.4) is 0 Å². The molecule has 4 nitrogen and oxygen atoms in total.